The van der Waals surface area contributed by atoms with E-state index in [0.29, 0.717) is 0 Å². The van der Waals surface area contributed by atoms with Gasteiger partial charge in [0, 0.05) is 12.5 Å². The van der Waals surface area contributed by atoms with Crippen LogP contribution in [0.5, 0.6) is 5.75 Å². The van der Waals surface area contributed by atoms with Crippen LogP contribution in [0.2, 0.25) is 0 Å². The van der Waals surface area contributed by atoms with E-state index in [1.54, 1.807) is 13.8 Å². The van der Waals surface area contributed by atoms with E-state index in [-0.39, 0.29) is 17.4 Å². The highest BCUT2D eigenvalue weighted by Crippen LogP contribution is 2.30. The van der Waals surface area contributed by atoms with Crippen LogP contribution in [-0.2, 0) is 11.2 Å². The van der Waals surface area contributed by atoms with Crippen molar-refractivity contribution in [2.75, 3.05) is 0 Å². The molecule has 0 spiro atoms. The van der Waals surface area contributed by atoms with Crippen molar-refractivity contribution in [2.24, 2.45) is 0 Å². The number of benzene rings is 1. The van der Waals surface area contributed by atoms with E-state index in [2.05, 4.69) is 0 Å². The zero-order valence-electron chi connectivity index (χ0n) is 10.7. The summed E-state index contributed by atoms with van der Waals surface area (Å²) in [6.07, 6.45) is -6.22. The lowest BCUT2D eigenvalue weighted by Gasteiger charge is -2.11. The number of Topliss-reactive ketones (excluding diaryl/α,β-unsaturated/α-hetero) is 1. The Morgan fingerprint density at radius 1 is 1.40 bits per heavy atom. The van der Waals surface area contributed by atoms with Gasteiger partial charge in [0.25, 0.3) is 0 Å². The zero-order valence-corrected chi connectivity index (χ0v) is 10.7. The molecule has 0 saturated heterocycles. The summed E-state index contributed by atoms with van der Waals surface area (Å²) < 4.78 is 41.6. The number of nitro benzene ring substituents is 1. The van der Waals surface area contributed by atoms with Gasteiger partial charge in [-0.1, -0.05) is 6.07 Å². The summed E-state index contributed by atoms with van der Waals surface area (Å²) in [5.74, 6) is -2.00. The van der Waals surface area contributed by atoms with E-state index in [4.69, 9.17) is 4.74 Å². The van der Waals surface area contributed by atoms with Crippen molar-refractivity contribution in [3.8, 4) is 5.75 Å². The van der Waals surface area contributed by atoms with Gasteiger partial charge in [0.2, 0.25) is 5.78 Å². The standard InChI is InChI=1S/C12H12F3NO4/c1-7(2)20-10-4-3-8(5-9(10)16(18)19)6-11(17)12(13,14)15/h3-5,7H,6H2,1-2H3. The third-order valence-electron chi connectivity index (χ3n) is 2.26. The topological polar surface area (TPSA) is 69.4 Å². The minimum atomic E-state index is -4.96. The first kappa shape index (κ1) is 15.9. The zero-order chi connectivity index (χ0) is 15.5. The molecule has 20 heavy (non-hydrogen) atoms. The number of rotatable bonds is 5. The maximum Gasteiger partial charge on any atom is 0.450 e. The van der Waals surface area contributed by atoms with Crippen LogP contribution in [0.1, 0.15) is 19.4 Å². The molecule has 0 aliphatic rings. The summed E-state index contributed by atoms with van der Waals surface area (Å²) in [5, 5.41) is 10.9. The van der Waals surface area contributed by atoms with E-state index in [1.165, 1.54) is 12.1 Å². The van der Waals surface area contributed by atoms with E-state index < -0.39 is 29.0 Å². The molecule has 0 unspecified atom stereocenters. The predicted molar refractivity (Wildman–Crippen MR) is 63.6 cm³/mol. The lowest BCUT2D eigenvalue weighted by molar-refractivity contribution is -0.386. The van der Waals surface area contributed by atoms with Gasteiger partial charge in [0.05, 0.1) is 11.0 Å². The van der Waals surface area contributed by atoms with Gasteiger partial charge in [-0.3, -0.25) is 14.9 Å². The summed E-state index contributed by atoms with van der Waals surface area (Å²) in [6, 6.07) is 3.31. The molecule has 0 aromatic heterocycles. The summed E-state index contributed by atoms with van der Waals surface area (Å²) >= 11 is 0. The Balaban J connectivity index is 3.05. The third kappa shape index (κ3) is 4.22. The van der Waals surface area contributed by atoms with Crippen molar-refractivity contribution >= 4 is 11.5 Å². The highest BCUT2D eigenvalue weighted by molar-refractivity contribution is 5.86. The number of hydrogen-bond acceptors (Lipinski definition) is 4. The molecular formula is C12H12F3NO4. The Hall–Kier alpha value is -2.12. The molecule has 0 bridgehead atoms. The summed E-state index contributed by atoms with van der Waals surface area (Å²) in [6.45, 7) is 3.32. The van der Waals surface area contributed by atoms with Crippen LogP contribution in [0.4, 0.5) is 18.9 Å². The van der Waals surface area contributed by atoms with Crippen LogP contribution in [0.25, 0.3) is 0 Å². The summed E-state index contributed by atoms with van der Waals surface area (Å²) in [4.78, 5) is 20.9. The SMILES string of the molecule is CC(C)Oc1ccc(CC(=O)C(F)(F)F)cc1[N+](=O)[O-]. The van der Waals surface area contributed by atoms with Crippen molar-refractivity contribution in [2.45, 2.75) is 32.5 Å². The predicted octanol–water partition coefficient (Wildman–Crippen LogP) is 3.06. The minimum absolute atomic E-state index is 0.0480. The van der Waals surface area contributed by atoms with Crippen LogP contribution in [0, 0.1) is 10.1 Å². The van der Waals surface area contributed by atoms with Gasteiger partial charge < -0.3 is 4.74 Å². The molecule has 0 fully saturated rings. The fourth-order valence-corrected chi connectivity index (χ4v) is 1.45. The van der Waals surface area contributed by atoms with Crippen LogP contribution in [0.3, 0.4) is 0 Å². The van der Waals surface area contributed by atoms with Crippen molar-refractivity contribution in [1.82, 2.24) is 0 Å². The molecule has 0 amide bonds. The average Bonchev–Trinajstić information content (AvgIpc) is 2.28. The van der Waals surface area contributed by atoms with Gasteiger partial charge >= 0.3 is 11.9 Å². The molecule has 0 N–H and O–H groups in total. The second-order valence-corrected chi connectivity index (χ2v) is 4.32. The van der Waals surface area contributed by atoms with Gasteiger partial charge in [-0.2, -0.15) is 13.2 Å². The van der Waals surface area contributed by atoms with Crippen LogP contribution in [0.15, 0.2) is 18.2 Å². The highest BCUT2D eigenvalue weighted by Gasteiger charge is 2.38. The Labute approximate surface area is 112 Å². The Kier molecular flexibility index (Phi) is 4.69. The summed E-state index contributed by atoms with van der Waals surface area (Å²) in [5.41, 5.74) is -0.554. The number of hydrogen-bond donors (Lipinski definition) is 0. The van der Waals surface area contributed by atoms with Crippen molar-refractivity contribution in [3.05, 3.63) is 33.9 Å². The molecule has 110 valence electrons. The first-order chi connectivity index (χ1) is 9.11. The maximum absolute atomic E-state index is 12.1. The van der Waals surface area contributed by atoms with Crippen molar-refractivity contribution in [1.29, 1.82) is 0 Å². The van der Waals surface area contributed by atoms with Crippen molar-refractivity contribution < 1.29 is 27.6 Å². The number of halogens is 3. The average molecular weight is 291 g/mol. The van der Waals surface area contributed by atoms with Gasteiger partial charge in [-0.05, 0) is 25.5 Å². The largest absolute Gasteiger partial charge is 0.484 e. The van der Waals surface area contributed by atoms with E-state index in [1.807, 2.05) is 0 Å². The van der Waals surface area contributed by atoms with Crippen LogP contribution < -0.4 is 4.74 Å². The molecule has 0 saturated carbocycles. The molecule has 0 aliphatic carbocycles. The van der Waals surface area contributed by atoms with Gasteiger partial charge in [0.15, 0.2) is 5.75 Å². The van der Waals surface area contributed by atoms with Crippen LogP contribution in [-0.4, -0.2) is 23.0 Å². The number of ether oxygens (including phenoxy) is 1. The second kappa shape index (κ2) is 5.89. The Bertz CT molecular complexity index is 526. The molecule has 0 radical (unpaired) electrons. The quantitative estimate of drug-likeness (QED) is 0.617. The molecule has 8 heteroatoms. The molecule has 5 nitrogen and oxygen atoms in total. The Morgan fingerprint density at radius 3 is 2.45 bits per heavy atom. The lowest BCUT2D eigenvalue weighted by atomic mass is 10.1. The first-order valence-corrected chi connectivity index (χ1v) is 5.65. The maximum atomic E-state index is 12.1. The second-order valence-electron chi connectivity index (χ2n) is 4.32. The lowest BCUT2D eigenvalue weighted by Crippen LogP contribution is -2.24. The third-order valence-corrected chi connectivity index (χ3v) is 2.26. The van der Waals surface area contributed by atoms with Crippen LogP contribution >= 0.6 is 0 Å². The normalized spacial score (nSPS) is 11.5. The number of carbonyl (C=O) groups is 1. The number of nitro groups is 1. The van der Waals surface area contributed by atoms with E-state index in [9.17, 15) is 28.1 Å². The Morgan fingerprint density at radius 2 is 2.00 bits per heavy atom. The monoisotopic (exact) mass is 291 g/mol. The molecule has 1 aromatic rings. The molecule has 1 aromatic carbocycles. The number of alkyl halides is 3. The molecule has 0 aliphatic heterocycles. The van der Waals surface area contributed by atoms with E-state index in [0.717, 1.165) is 6.07 Å². The fraction of sp³-hybridized carbons (Fsp3) is 0.417. The molecule has 0 heterocycles. The minimum Gasteiger partial charge on any atom is -0.484 e. The number of carbonyl (C=O) groups excluding carboxylic acids is 1. The molecular weight excluding hydrogens is 279 g/mol. The summed E-state index contributed by atoms with van der Waals surface area (Å²) in [7, 11) is 0. The van der Waals surface area contributed by atoms with Crippen molar-refractivity contribution in [3.63, 3.8) is 0 Å². The fourth-order valence-electron chi connectivity index (χ4n) is 1.45. The first-order valence-electron chi connectivity index (χ1n) is 5.65. The number of ketones is 1. The van der Waals surface area contributed by atoms with Gasteiger partial charge in [0.1, 0.15) is 0 Å². The number of nitrogens with zero attached hydrogens (tertiary/aromatic N) is 1. The highest BCUT2D eigenvalue weighted by atomic mass is 19.4. The smallest absolute Gasteiger partial charge is 0.450 e. The molecule has 0 atom stereocenters. The van der Waals surface area contributed by atoms with Gasteiger partial charge in [-0.25, -0.2) is 0 Å². The molecule has 1 rings (SSSR count). The van der Waals surface area contributed by atoms with Gasteiger partial charge in [-0.15, -0.1) is 0 Å². The van der Waals surface area contributed by atoms with E-state index >= 15 is 0 Å².